The maximum Gasteiger partial charge on any atom is 0.129 e. The van der Waals surface area contributed by atoms with Crippen molar-refractivity contribution in [2.75, 3.05) is 4.90 Å². The molecule has 0 saturated carbocycles. The second kappa shape index (κ2) is 5.42. The zero-order valence-electron chi connectivity index (χ0n) is 12.9. The van der Waals surface area contributed by atoms with Gasteiger partial charge in [-0.05, 0) is 17.7 Å². The first-order valence-corrected chi connectivity index (χ1v) is 11.0. The van der Waals surface area contributed by atoms with Gasteiger partial charge in [-0.2, -0.15) is 0 Å². The third kappa shape index (κ3) is 3.20. The molecule has 1 heterocycles. The predicted octanol–water partition coefficient (Wildman–Crippen LogP) is 4.50. The van der Waals surface area contributed by atoms with Crippen molar-refractivity contribution in [1.29, 1.82) is 0 Å². The Hall–Kier alpha value is -1.98. The number of para-hydroxylation sites is 1. The molecule has 0 amide bonds. The molecule has 2 aromatic carbocycles. The summed E-state index contributed by atoms with van der Waals surface area (Å²) in [5.74, 6) is 3.53. The van der Waals surface area contributed by atoms with Crippen LogP contribution in [-0.2, 0) is 0 Å². The Bertz CT molecular complexity index is 616. The molecule has 1 nitrogen and oxygen atoms in total. The van der Waals surface area contributed by atoms with Crippen LogP contribution in [-0.4, -0.2) is 14.1 Å². The summed E-state index contributed by atoms with van der Waals surface area (Å²) in [5.41, 5.74) is 6.15. The summed E-state index contributed by atoms with van der Waals surface area (Å²) in [7, 11) is -1.33. The van der Waals surface area contributed by atoms with Crippen LogP contribution in [0.25, 0.3) is 0 Å². The summed E-state index contributed by atoms with van der Waals surface area (Å²) in [6, 6.07) is 22.0. The van der Waals surface area contributed by atoms with Crippen molar-refractivity contribution >= 4 is 13.8 Å². The minimum atomic E-state index is -1.33. The largest absolute Gasteiger partial charge is 0.345 e. The first-order valence-electron chi connectivity index (χ1n) is 7.47. The van der Waals surface area contributed by atoms with Gasteiger partial charge in [0, 0.05) is 5.69 Å². The van der Waals surface area contributed by atoms with Gasteiger partial charge in [0.1, 0.15) is 14.1 Å². The van der Waals surface area contributed by atoms with Gasteiger partial charge in [-0.15, -0.1) is 5.54 Å². The third-order valence-corrected chi connectivity index (χ3v) is 4.49. The van der Waals surface area contributed by atoms with E-state index in [1.165, 1.54) is 11.3 Å². The van der Waals surface area contributed by atoms with Crippen molar-refractivity contribution in [3.63, 3.8) is 0 Å². The average molecular weight is 291 g/mol. The van der Waals surface area contributed by atoms with E-state index in [9.17, 15) is 0 Å². The highest BCUT2D eigenvalue weighted by atomic mass is 28.3. The van der Waals surface area contributed by atoms with Crippen LogP contribution in [0.2, 0.25) is 19.6 Å². The molecule has 0 radical (unpaired) electrons. The Labute approximate surface area is 128 Å². The van der Waals surface area contributed by atoms with E-state index in [1.54, 1.807) is 0 Å². The Morgan fingerprint density at radius 3 is 2.00 bits per heavy atom. The van der Waals surface area contributed by atoms with Gasteiger partial charge in [-0.1, -0.05) is 74.1 Å². The lowest BCUT2D eigenvalue weighted by Gasteiger charge is -2.05. The maximum absolute atomic E-state index is 3.53. The van der Waals surface area contributed by atoms with Crippen LogP contribution < -0.4 is 4.90 Å². The van der Waals surface area contributed by atoms with E-state index in [0.717, 1.165) is 0 Å². The molecular formula is C19H21NSi. The van der Waals surface area contributed by atoms with Crippen molar-refractivity contribution in [3.05, 3.63) is 66.2 Å². The lowest BCUT2D eigenvalue weighted by molar-refractivity contribution is 1.10. The SMILES string of the molecule is C[Si](C)(C)C#C[C@@H]1[C@H](c2ccccc2)N1c1ccccc1. The number of nitrogens with zero attached hydrogens (tertiary/aromatic N) is 1. The number of benzene rings is 2. The molecule has 106 valence electrons. The highest BCUT2D eigenvalue weighted by Gasteiger charge is 2.47. The zero-order valence-corrected chi connectivity index (χ0v) is 13.9. The summed E-state index contributed by atoms with van der Waals surface area (Å²) in [6.07, 6.45) is 0. The van der Waals surface area contributed by atoms with Crippen molar-refractivity contribution < 1.29 is 0 Å². The van der Waals surface area contributed by atoms with Gasteiger partial charge in [-0.25, -0.2) is 0 Å². The van der Waals surface area contributed by atoms with Crippen LogP contribution in [0, 0.1) is 11.5 Å². The van der Waals surface area contributed by atoms with E-state index >= 15 is 0 Å². The number of hydrogen-bond donors (Lipinski definition) is 0. The van der Waals surface area contributed by atoms with Crippen LogP contribution in [0.3, 0.4) is 0 Å². The van der Waals surface area contributed by atoms with Gasteiger partial charge in [-0.3, -0.25) is 0 Å². The van der Waals surface area contributed by atoms with E-state index in [2.05, 4.69) is 96.7 Å². The fourth-order valence-corrected chi connectivity index (χ4v) is 3.17. The average Bonchev–Trinajstić information content (AvgIpc) is 3.21. The number of hydrogen-bond acceptors (Lipinski definition) is 1. The highest BCUT2D eigenvalue weighted by Crippen LogP contribution is 2.46. The first kappa shape index (κ1) is 14.0. The van der Waals surface area contributed by atoms with E-state index in [-0.39, 0.29) is 0 Å². The van der Waals surface area contributed by atoms with Gasteiger partial charge in [0.05, 0.1) is 6.04 Å². The molecule has 0 bridgehead atoms. The number of rotatable bonds is 2. The second-order valence-electron chi connectivity index (χ2n) is 6.56. The Kier molecular flexibility index (Phi) is 3.61. The second-order valence-corrected chi connectivity index (χ2v) is 11.3. The lowest BCUT2D eigenvalue weighted by atomic mass is 10.1. The molecule has 21 heavy (non-hydrogen) atoms. The first-order chi connectivity index (χ1) is 10.1. The summed E-state index contributed by atoms with van der Waals surface area (Å²) < 4.78 is 0. The third-order valence-electron chi connectivity index (χ3n) is 3.60. The molecule has 0 spiro atoms. The Morgan fingerprint density at radius 1 is 0.857 bits per heavy atom. The van der Waals surface area contributed by atoms with Crippen molar-refractivity contribution in [1.82, 2.24) is 0 Å². The molecule has 2 atom stereocenters. The van der Waals surface area contributed by atoms with Gasteiger partial charge in [0.25, 0.3) is 0 Å². The molecule has 1 saturated heterocycles. The predicted molar refractivity (Wildman–Crippen MR) is 93.0 cm³/mol. The quantitative estimate of drug-likeness (QED) is 0.447. The minimum Gasteiger partial charge on any atom is -0.345 e. The Morgan fingerprint density at radius 2 is 1.43 bits per heavy atom. The van der Waals surface area contributed by atoms with Crippen LogP contribution in [0.1, 0.15) is 11.6 Å². The van der Waals surface area contributed by atoms with Crippen molar-refractivity contribution in [3.8, 4) is 11.5 Å². The van der Waals surface area contributed by atoms with Crippen molar-refractivity contribution in [2.24, 2.45) is 0 Å². The van der Waals surface area contributed by atoms with E-state index in [0.29, 0.717) is 12.1 Å². The summed E-state index contributed by atoms with van der Waals surface area (Å²) in [4.78, 5) is 2.42. The van der Waals surface area contributed by atoms with Crippen LogP contribution >= 0.6 is 0 Å². The van der Waals surface area contributed by atoms with E-state index in [4.69, 9.17) is 0 Å². The topological polar surface area (TPSA) is 3.01 Å². The number of anilines is 1. The van der Waals surface area contributed by atoms with Gasteiger partial charge in [0.15, 0.2) is 0 Å². The van der Waals surface area contributed by atoms with Gasteiger partial charge < -0.3 is 4.90 Å². The van der Waals surface area contributed by atoms with E-state index < -0.39 is 8.07 Å². The zero-order chi connectivity index (χ0) is 14.9. The van der Waals surface area contributed by atoms with Gasteiger partial charge >= 0.3 is 0 Å². The highest BCUT2D eigenvalue weighted by molar-refractivity contribution is 6.83. The molecule has 0 aromatic heterocycles. The molecule has 1 fully saturated rings. The van der Waals surface area contributed by atoms with Gasteiger partial charge in [0.2, 0.25) is 0 Å². The smallest absolute Gasteiger partial charge is 0.129 e. The molecule has 1 aliphatic heterocycles. The lowest BCUT2D eigenvalue weighted by Crippen LogP contribution is -2.17. The molecule has 3 rings (SSSR count). The van der Waals surface area contributed by atoms with Crippen molar-refractivity contribution in [2.45, 2.75) is 31.7 Å². The molecule has 2 aromatic rings. The van der Waals surface area contributed by atoms with Crippen LogP contribution in [0.5, 0.6) is 0 Å². The standard InChI is InChI=1S/C19H21NSi/c1-21(2,3)15-14-18-19(16-10-6-4-7-11-16)20(18)17-12-8-5-9-13-17/h4-13,18-19H,1-3H3/t18-,19+,20?/m1/s1. The molecular weight excluding hydrogens is 270 g/mol. The van der Waals surface area contributed by atoms with Crippen LogP contribution in [0.15, 0.2) is 60.7 Å². The molecule has 0 aliphatic carbocycles. The normalized spacial score (nSPS) is 20.6. The molecule has 0 unspecified atom stereocenters. The monoisotopic (exact) mass is 291 g/mol. The van der Waals surface area contributed by atoms with Crippen LogP contribution in [0.4, 0.5) is 5.69 Å². The fraction of sp³-hybridized carbons (Fsp3) is 0.263. The molecule has 2 heteroatoms. The molecule has 0 N–H and O–H groups in total. The summed E-state index contributed by atoms with van der Waals surface area (Å²) in [6.45, 7) is 6.90. The van der Waals surface area contributed by atoms with E-state index in [1.807, 2.05) is 0 Å². The molecule has 1 aliphatic rings. The Balaban J connectivity index is 1.91. The summed E-state index contributed by atoms with van der Waals surface area (Å²) in [5, 5.41) is 0. The fourth-order valence-electron chi connectivity index (χ4n) is 2.58. The maximum atomic E-state index is 3.53. The summed E-state index contributed by atoms with van der Waals surface area (Å²) >= 11 is 0. The minimum absolute atomic E-state index is 0.321.